The highest BCUT2D eigenvalue weighted by Gasteiger charge is 2.10. The highest BCUT2D eigenvalue weighted by Crippen LogP contribution is 2.16. The van der Waals surface area contributed by atoms with Gasteiger partial charge in [0.1, 0.15) is 6.61 Å². The van der Waals surface area contributed by atoms with Crippen LogP contribution in [0.15, 0.2) is 24.3 Å². The van der Waals surface area contributed by atoms with Gasteiger partial charge in [-0.2, -0.15) is 0 Å². The van der Waals surface area contributed by atoms with Crippen molar-refractivity contribution < 1.29 is 14.5 Å². The first-order valence-corrected chi connectivity index (χ1v) is 4.43. The van der Waals surface area contributed by atoms with E-state index in [-0.39, 0.29) is 12.3 Å². The molecule has 0 aliphatic rings. The van der Waals surface area contributed by atoms with Gasteiger partial charge in [-0.25, -0.2) is 4.79 Å². The second-order valence-electron chi connectivity index (χ2n) is 3.09. The van der Waals surface area contributed by atoms with Crippen molar-refractivity contribution in [3.8, 4) is 0 Å². The lowest BCUT2D eigenvalue weighted by Gasteiger charge is -2.10. The van der Waals surface area contributed by atoms with E-state index in [9.17, 15) is 14.9 Å². The summed E-state index contributed by atoms with van der Waals surface area (Å²) >= 11 is 0. The molecule has 0 saturated heterocycles. The molecule has 0 spiro atoms. The Morgan fingerprint density at radius 1 is 1.44 bits per heavy atom. The number of ether oxygens (including phenoxy) is 1. The van der Waals surface area contributed by atoms with Crippen molar-refractivity contribution in [2.75, 3.05) is 6.61 Å². The van der Waals surface area contributed by atoms with Crippen LogP contribution in [0.4, 0.5) is 10.5 Å². The van der Waals surface area contributed by atoms with Crippen LogP contribution >= 0.6 is 0 Å². The molecule has 0 saturated carbocycles. The summed E-state index contributed by atoms with van der Waals surface area (Å²) < 4.78 is 4.52. The molecule has 0 radical (unpaired) electrons. The van der Waals surface area contributed by atoms with E-state index in [2.05, 4.69) is 4.74 Å². The number of nitrogens with zero attached hydrogens (tertiary/aromatic N) is 1. The van der Waals surface area contributed by atoms with Crippen LogP contribution in [0.5, 0.6) is 0 Å². The van der Waals surface area contributed by atoms with Gasteiger partial charge in [-0.3, -0.25) is 10.1 Å². The molecule has 0 heterocycles. The zero-order valence-corrected chi connectivity index (χ0v) is 8.33. The molecule has 4 N–H and O–H groups in total. The number of rotatable bonds is 4. The van der Waals surface area contributed by atoms with E-state index in [1.165, 1.54) is 24.3 Å². The Bertz CT molecular complexity index is 390. The molecule has 1 aromatic rings. The van der Waals surface area contributed by atoms with Gasteiger partial charge in [0, 0.05) is 12.1 Å². The third-order valence-corrected chi connectivity index (χ3v) is 1.94. The van der Waals surface area contributed by atoms with Gasteiger partial charge in [-0.05, 0) is 5.56 Å². The van der Waals surface area contributed by atoms with Gasteiger partial charge in [0.25, 0.3) is 5.69 Å². The first-order valence-electron chi connectivity index (χ1n) is 4.43. The molecule has 1 aromatic carbocycles. The Morgan fingerprint density at radius 3 is 2.44 bits per heavy atom. The Balaban J connectivity index is 2.66. The Morgan fingerprint density at radius 2 is 2.00 bits per heavy atom. The van der Waals surface area contributed by atoms with Crippen LogP contribution in [0.3, 0.4) is 0 Å². The van der Waals surface area contributed by atoms with Gasteiger partial charge in [0.15, 0.2) is 0 Å². The number of benzene rings is 1. The minimum atomic E-state index is -0.905. The van der Waals surface area contributed by atoms with Gasteiger partial charge in [0.2, 0.25) is 0 Å². The van der Waals surface area contributed by atoms with E-state index < -0.39 is 17.1 Å². The maximum atomic E-state index is 10.4. The third kappa shape index (κ3) is 3.21. The molecule has 0 bridgehead atoms. The average Bonchev–Trinajstić information content (AvgIpc) is 2.26. The molecular weight excluding hydrogens is 214 g/mol. The number of nitrogens with two attached hydrogens (primary N) is 2. The lowest BCUT2D eigenvalue weighted by molar-refractivity contribution is -0.384. The van der Waals surface area contributed by atoms with E-state index >= 15 is 0 Å². The molecule has 1 unspecified atom stereocenters. The van der Waals surface area contributed by atoms with Crippen LogP contribution in [-0.4, -0.2) is 17.6 Å². The zero-order chi connectivity index (χ0) is 12.1. The normalized spacial score (nSPS) is 11.8. The van der Waals surface area contributed by atoms with Crippen LogP contribution in [0.25, 0.3) is 0 Å². The molecule has 1 amide bonds. The minimum Gasteiger partial charge on any atom is -0.448 e. The first kappa shape index (κ1) is 11.9. The quantitative estimate of drug-likeness (QED) is 0.576. The summed E-state index contributed by atoms with van der Waals surface area (Å²) in [7, 11) is 0. The van der Waals surface area contributed by atoms with Gasteiger partial charge >= 0.3 is 6.09 Å². The summed E-state index contributed by atoms with van der Waals surface area (Å²) in [5.41, 5.74) is 11.1. The Labute approximate surface area is 91.1 Å². The molecule has 7 heteroatoms. The highest BCUT2D eigenvalue weighted by molar-refractivity contribution is 5.64. The lowest BCUT2D eigenvalue weighted by Crippen LogP contribution is -2.22. The van der Waals surface area contributed by atoms with E-state index in [0.29, 0.717) is 5.56 Å². The summed E-state index contributed by atoms with van der Waals surface area (Å²) in [6, 6.07) is 5.13. The van der Waals surface area contributed by atoms with Crippen LogP contribution in [-0.2, 0) is 4.74 Å². The largest absolute Gasteiger partial charge is 0.448 e. The monoisotopic (exact) mass is 225 g/mol. The number of nitro groups is 1. The molecule has 0 fully saturated rings. The smallest absolute Gasteiger partial charge is 0.404 e. The topological polar surface area (TPSA) is 121 Å². The first-order chi connectivity index (χ1) is 7.50. The third-order valence-electron chi connectivity index (χ3n) is 1.94. The number of carbonyl (C=O) groups is 1. The van der Waals surface area contributed by atoms with E-state index in [1.807, 2.05) is 0 Å². The standard InChI is InChI=1S/C9H11N3O4/c10-8(5-16-9(11)13)6-1-3-7(4-2-6)12(14)15/h1-4,8H,5,10H2,(H2,11,13). The lowest BCUT2D eigenvalue weighted by atomic mass is 10.1. The molecule has 0 aromatic heterocycles. The highest BCUT2D eigenvalue weighted by atomic mass is 16.6. The molecule has 0 aliphatic carbocycles. The van der Waals surface area contributed by atoms with Gasteiger partial charge < -0.3 is 16.2 Å². The number of hydrogen-bond donors (Lipinski definition) is 2. The Kier molecular flexibility index (Phi) is 3.78. The molecule has 7 nitrogen and oxygen atoms in total. The number of amides is 1. The predicted octanol–water partition coefficient (Wildman–Crippen LogP) is 0.690. The maximum absolute atomic E-state index is 10.4. The van der Waals surface area contributed by atoms with Crippen LogP contribution < -0.4 is 11.5 Å². The fourth-order valence-electron chi connectivity index (χ4n) is 1.11. The summed E-state index contributed by atoms with van der Waals surface area (Å²) in [6.07, 6.45) is -0.905. The van der Waals surface area contributed by atoms with Crippen LogP contribution in [0.2, 0.25) is 0 Å². The number of primary amides is 1. The molecule has 16 heavy (non-hydrogen) atoms. The summed E-state index contributed by atoms with van der Waals surface area (Å²) in [5.74, 6) is 0. The molecular formula is C9H11N3O4. The summed E-state index contributed by atoms with van der Waals surface area (Å²) in [6.45, 7) is -0.0624. The number of hydrogen-bond acceptors (Lipinski definition) is 5. The van der Waals surface area contributed by atoms with Crippen molar-refractivity contribution in [3.63, 3.8) is 0 Å². The fourth-order valence-corrected chi connectivity index (χ4v) is 1.11. The second-order valence-corrected chi connectivity index (χ2v) is 3.09. The van der Waals surface area contributed by atoms with Crippen LogP contribution in [0.1, 0.15) is 11.6 Å². The number of non-ortho nitro benzene ring substituents is 1. The van der Waals surface area contributed by atoms with E-state index in [1.54, 1.807) is 0 Å². The fraction of sp³-hybridized carbons (Fsp3) is 0.222. The Hall–Kier alpha value is -2.15. The van der Waals surface area contributed by atoms with Crippen molar-refractivity contribution in [1.82, 2.24) is 0 Å². The number of carbonyl (C=O) groups excluding carboxylic acids is 1. The average molecular weight is 225 g/mol. The van der Waals surface area contributed by atoms with E-state index in [4.69, 9.17) is 11.5 Å². The van der Waals surface area contributed by atoms with Gasteiger partial charge in [-0.15, -0.1) is 0 Å². The zero-order valence-electron chi connectivity index (χ0n) is 8.33. The summed E-state index contributed by atoms with van der Waals surface area (Å²) in [5, 5.41) is 10.4. The molecule has 86 valence electrons. The van der Waals surface area contributed by atoms with Gasteiger partial charge in [0.05, 0.1) is 11.0 Å². The van der Waals surface area contributed by atoms with Crippen molar-refractivity contribution in [2.45, 2.75) is 6.04 Å². The molecule has 1 rings (SSSR count). The molecule has 0 aliphatic heterocycles. The van der Waals surface area contributed by atoms with Gasteiger partial charge in [-0.1, -0.05) is 12.1 Å². The van der Waals surface area contributed by atoms with Crippen molar-refractivity contribution in [3.05, 3.63) is 39.9 Å². The SMILES string of the molecule is NC(=O)OCC(N)c1ccc([N+](=O)[O-])cc1. The van der Waals surface area contributed by atoms with Crippen molar-refractivity contribution in [1.29, 1.82) is 0 Å². The van der Waals surface area contributed by atoms with E-state index in [0.717, 1.165) is 0 Å². The van der Waals surface area contributed by atoms with Crippen LogP contribution in [0, 0.1) is 10.1 Å². The summed E-state index contributed by atoms with van der Waals surface area (Å²) in [4.78, 5) is 20.2. The minimum absolute atomic E-state index is 0.0215. The molecule has 1 atom stereocenters. The second kappa shape index (κ2) is 5.08. The number of nitro benzene ring substituents is 1. The predicted molar refractivity (Wildman–Crippen MR) is 55.6 cm³/mol. The van der Waals surface area contributed by atoms with Crippen molar-refractivity contribution in [2.24, 2.45) is 11.5 Å². The van der Waals surface area contributed by atoms with Crippen molar-refractivity contribution >= 4 is 11.8 Å². The maximum Gasteiger partial charge on any atom is 0.404 e.